The molecule has 1 aliphatic heterocycles. The van der Waals surface area contributed by atoms with Crippen LogP contribution in [0.2, 0.25) is 0 Å². The lowest BCUT2D eigenvalue weighted by Crippen LogP contribution is -2.49. The molecule has 2 N–H and O–H groups in total. The van der Waals surface area contributed by atoms with Gasteiger partial charge >= 0.3 is 0 Å². The van der Waals surface area contributed by atoms with Gasteiger partial charge in [0, 0.05) is 43.6 Å². The standard InChI is InChI=1S/C27H35N5O6S/c1-17-13-32(18(2)16-33)27(34)23-12-22(30-39(35,36)26-19(3)29-38-20(26)4)6-7-24(23)37-25(17)15-31(5)14-21-8-10-28-11-9-21/h6-12,17-18,25,30,33H,13-16H2,1-5H3/t17-,18+,25-/m0/s1. The predicted molar refractivity (Wildman–Crippen MR) is 145 cm³/mol. The van der Waals surface area contributed by atoms with Crippen LogP contribution < -0.4 is 9.46 Å². The van der Waals surface area contributed by atoms with Crippen molar-refractivity contribution >= 4 is 21.6 Å². The van der Waals surface area contributed by atoms with Crippen LogP contribution in [0, 0.1) is 19.8 Å². The van der Waals surface area contributed by atoms with Crippen LogP contribution in [0.1, 0.15) is 41.2 Å². The monoisotopic (exact) mass is 557 g/mol. The van der Waals surface area contributed by atoms with Gasteiger partial charge in [-0.15, -0.1) is 0 Å². The number of hydrogen-bond acceptors (Lipinski definition) is 9. The van der Waals surface area contributed by atoms with Crippen LogP contribution in [0.25, 0.3) is 0 Å². The molecule has 0 radical (unpaired) electrons. The molecule has 1 aliphatic rings. The zero-order valence-electron chi connectivity index (χ0n) is 22.8. The maximum atomic E-state index is 13.7. The van der Waals surface area contributed by atoms with Crippen LogP contribution >= 0.6 is 0 Å². The molecule has 0 bridgehead atoms. The second-order valence-corrected chi connectivity index (χ2v) is 11.8. The number of rotatable bonds is 9. The molecule has 3 heterocycles. The van der Waals surface area contributed by atoms with E-state index in [0.717, 1.165) is 5.56 Å². The third-order valence-electron chi connectivity index (χ3n) is 6.85. The van der Waals surface area contributed by atoms with Gasteiger partial charge < -0.3 is 19.3 Å². The Kier molecular flexibility index (Phi) is 8.57. The number of amides is 1. The molecule has 210 valence electrons. The number of aliphatic hydroxyl groups is 1. The van der Waals surface area contributed by atoms with E-state index in [1.165, 1.54) is 13.0 Å². The van der Waals surface area contributed by atoms with E-state index in [1.54, 1.807) is 43.3 Å². The number of carbonyl (C=O) groups is 1. The fourth-order valence-electron chi connectivity index (χ4n) is 4.74. The Balaban J connectivity index is 1.65. The Hall–Kier alpha value is -3.48. The van der Waals surface area contributed by atoms with Crippen molar-refractivity contribution in [3.63, 3.8) is 0 Å². The highest BCUT2D eigenvalue weighted by Gasteiger charge is 2.34. The first kappa shape index (κ1) is 28.5. The normalized spacial score (nSPS) is 18.7. The third-order valence-corrected chi connectivity index (χ3v) is 8.47. The van der Waals surface area contributed by atoms with Gasteiger partial charge in [-0.1, -0.05) is 12.1 Å². The number of carbonyl (C=O) groups excluding carboxylic acids is 1. The van der Waals surface area contributed by atoms with Gasteiger partial charge in [-0.05, 0) is 63.7 Å². The summed E-state index contributed by atoms with van der Waals surface area (Å²) in [5.41, 5.74) is 1.76. The zero-order chi connectivity index (χ0) is 28.3. The number of ether oxygens (including phenoxy) is 1. The summed E-state index contributed by atoms with van der Waals surface area (Å²) in [7, 11) is -2.01. The Morgan fingerprint density at radius 2 is 1.95 bits per heavy atom. The molecule has 0 saturated carbocycles. The van der Waals surface area contributed by atoms with Gasteiger partial charge in [0.25, 0.3) is 15.9 Å². The average molecular weight is 558 g/mol. The lowest BCUT2D eigenvalue weighted by atomic mass is 9.99. The number of pyridine rings is 1. The van der Waals surface area contributed by atoms with E-state index in [9.17, 15) is 18.3 Å². The molecular formula is C27H35N5O6S. The highest BCUT2D eigenvalue weighted by Crippen LogP contribution is 2.32. The number of aromatic nitrogens is 2. The summed E-state index contributed by atoms with van der Waals surface area (Å²) in [6.07, 6.45) is 3.24. The van der Waals surface area contributed by atoms with Crippen LogP contribution in [0.3, 0.4) is 0 Å². The molecule has 12 heteroatoms. The summed E-state index contributed by atoms with van der Waals surface area (Å²) in [5.74, 6) is 0.125. The summed E-state index contributed by atoms with van der Waals surface area (Å²) in [6.45, 7) is 8.30. The predicted octanol–water partition coefficient (Wildman–Crippen LogP) is 2.84. The number of nitrogens with zero attached hydrogens (tertiary/aromatic N) is 4. The summed E-state index contributed by atoms with van der Waals surface area (Å²) in [5, 5.41) is 13.6. The molecule has 3 aromatic rings. The Labute approximate surface area is 228 Å². The van der Waals surface area contributed by atoms with E-state index in [1.807, 2.05) is 26.1 Å². The van der Waals surface area contributed by atoms with Gasteiger partial charge in [0.2, 0.25) is 0 Å². The lowest BCUT2D eigenvalue weighted by Gasteiger charge is -2.38. The molecule has 0 unspecified atom stereocenters. The van der Waals surface area contributed by atoms with Crippen LogP contribution in [0.15, 0.2) is 52.1 Å². The first-order chi connectivity index (χ1) is 18.5. The van der Waals surface area contributed by atoms with Gasteiger partial charge in [-0.3, -0.25) is 19.4 Å². The Morgan fingerprint density at radius 1 is 1.23 bits per heavy atom. The molecule has 1 amide bonds. The molecule has 0 saturated heterocycles. The molecule has 0 spiro atoms. The van der Waals surface area contributed by atoms with E-state index in [4.69, 9.17) is 9.26 Å². The number of likely N-dealkylation sites (N-methyl/N-ethyl adjacent to an activating group) is 1. The molecular weight excluding hydrogens is 522 g/mol. The first-order valence-electron chi connectivity index (χ1n) is 12.8. The number of nitrogens with one attached hydrogen (secondary N) is 1. The first-order valence-corrected chi connectivity index (χ1v) is 14.2. The van der Waals surface area contributed by atoms with Gasteiger partial charge in [0.15, 0.2) is 10.7 Å². The van der Waals surface area contributed by atoms with Crippen molar-refractivity contribution in [1.82, 2.24) is 19.9 Å². The van der Waals surface area contributed by atoms with Crippen LogP contribution in [-0.2, 0) is 16.6 Å². The molecule has 2 aromatic heterocycles. The van der Waals surface area contributed by atoms with Gasteiger partial charge in [0.05, 0.1) is 18.2 Å². The van der Waals surface area contributed by atoms with Crippen molar-refractivity contribution in [3.8, 4) is 5.75 Å². The van der Waals surface area contributed by atoms with Crippen molar-refractivity contribution in [2.75, 3.05) is 31.5 Å². The number of aryl methyl sites for hydroxylation is 2. The Bertz CT molecular complexity index is 1390. The SMILES string of the molecule is Cc1noc(C)c1S(=O)(=O)Nc1ccc2c(c1)C(=O)N([C@H](C)CO)C[C@H](C)[C@H](CN(C)Cc1ccncc1)O2. The fourth-order valence-corrected chi connectivity index (χ4v) is 6.12. The topological polar surface area (TPSA) is 138 Å². The minimum absolute atomic E-state index is 0.0431. The maximum absolute atomic E-state index is 13.7. The van der Waals surface area contributed by atoms with Crippen LogP contribution in [-0.4, -0.2) is 78.3 Å². The lowest BCUT2D eigenvalue weighted by molar-refractivity contribution is 0.0341. The highest BCUT2D eigenvalue weighted by atomic mass is 32.2. The number of fused-ring (bicyclic) bond motifs is 1. The second kappa shape index (κ2) is 11.7. The van der Waals surface area contributed by atoms with Crippen molar-refractivity contribution in [3.05, 3.63) is 65.3 Å². The molecule has 11 nitrogen and oxygen atoms in total. The third kappa shape index (κ3) is 6.40. The minimum Gasteiger partial charge on any atom is -0.488 e. The zero-order valence-corrected chi connectivity index (χ0v) is 23.6. The van der Waals surface area contributed by atoms with Crippen LogP contribution in [0.5, 0.6) is 5.75 Å². The highest BCUT2D eigenvalue weighted by molar-refractivity contribution is 7.92. The van der Waals surface area contributed by atoms with E-state index in [-0.39, 0.29) is 52.1 Å². The number of anilines is 1. The quantitative estimate of drug-likeness (QED) is 0.407. The van der Waals surface area contributed by atoms with E-state index in [2.05, 4.69) is 19.8 Å². The Morgan fingerprint density at radius 3 is 2.59 bits per heavy atom. The molecule has 1 aromatic carbocycles. The van der Waals surface area contributed by atoms with Crippen molar-refractivity contribution in [1.29, 1.82) is 0 Å². The van der Waals surface area contributed by atoms with E-state index < -0.39 is 16.1 Å². The molecule has 3 atom stereocenters. The molecule has 39 heavy (non-hydrogen) atoms. The molecule has 0 fully saturated rings. The summed E-state index contributed by atoms with van der Waals surface area (Å²) < 4.78 is 40.1. The smallest absolute Gasteiger partial charge is 0.267 e. The van der Waals surface area contributed by atoms with Gasteiger partial charge in [-0.2, -0.15) is 0 Å². The summed E-state index contributed by atoms with van der Waals surface area (Å²) in [6, 6.07) is 8.12. The number of sulfonamides is 1. The van der Waals surface area contributed by atoms with Gasteiger partial charge in [-0.25, -0.2) is 8.42 Å². The molecule has 0 aliphatic carbocycles. The maximum Gasteiger partial charge on any atom is 0.267 e. The fraction of sp³-hybridized carbons (Fsp3) is 0.444. The minimum atomic E-state index is -4.01. The largest absolute Gasteiger partial charge is 0.488 e. The average Bonchev–Trinajstić information content (AvgIpc) is 3.25. The van der Waals surface area contributed by atoms with Crippen molar-refractivity contribution in [2.45, 2.75) is 51.3 Å². The summed E-state index contributed by atoms with van der Waals surface area (Å²) in [4.78, 5) is 21.5. The van der Waals surface area contributed by atoms with Gasteiger partial charge in [0.1, 0.15) is 17.5 Å². The number of aliphatic hydroxyl groups excluding tert-OH is 1. The number of hydrogen-bond donors (Lipinski definition) is 2. The number of benzene rings is 1. The molecule has 4 rings (SSSR count). The van der Waals surface area contributed by atoms with Crippen LogP contribution in [0.4, 0.5) is 5.69 Å². The second-order valence-electron chi connectivity index (χ2n) is 10.1. The summed E-state index contributed by atoms with van der Waals surface area (Å²) >= 11 is 0. The van der Waals surface area contributed by atoms with Crippen molar-refractivity contribution < 1.29 is 27.6 Å². The van der Waals surface area contributed by atoms with E-state index in [0.29, 0.717) is 25.4 Å². The van der Waals surface area contributed by atoms with E-state index >= 15 is 0 Å². The van der Waals surface area contributed by atoms with Crippen molar-refractivity contribution in [2.24, 2.45) is 5.92 Å².